The zero-order valence-corrected chi connectivity index (χ0v) is 55.8. The Kier molecular flexibility index (Phi) is 57.4. The van der Waals surface area contributed by atoms with Gasteiger partial charge in [-0.2, -0.15) is 0 Å². The van der Waals surface area contributed by atoms with E-state index < -0.39 is 97.5 Å². The zero-order valence-electron chi connectivity index (χ0n) is 54.0. The molecule has 498 valence electrons. The quantitative estimate of drug-likeness (QED) is 0.0222. The van der Waals surface area contributed by atoms with Crippen LogP contribution in [-0.4, -0.2) is 96.7 Å². The highest BCUT2D eigenvalue weighted by atomic mass is 31.2. The molecule has 84 heavy (non-hydrogen) atoms. The highest BCUT2D eigenvalue weighted by Crippen LogP contribution is 2.45. The molecule has 17 nitrogen and oxygen atoms in total. The van der Waals surface area contributed by atoms with Crippen LogP contribution in [0.4, 0.5) is 0 Å². The Bertz CT molecular complexity index is 1640. The van der Waals surface area contributed by atoms with E-state index in [1.807, 2.05) is 0 Å². The summed E-state index contributed by atoms with van der Waals surface area (Å²) in [5, 5.41) is 10.5. The van der Waals surface area contributed by atoms with Gasteiger partial charge in [0.1, 0.15) is 19.3 Å². The fraction of sp³-hybridized carbons (Fsp3) is 0.938. The number of phosphoric ester groups is 2. The van der Waals surface area contributed by atoms with Crippen LogP contribution in [0.1, 0.15) is 330 Å². The van der Waals surface area contributed by atoms with Gasteiger partial charge in [-0.25, -0.2) is 9.13 Å². The number of hydrogen-bond donors (Lipinski definition) is 3. The third-order valence-corrected chi connectivity index (χ3v) is 17.3. The van der Waals surface area contributed by atoms with Gasteiger partial charge in [-0.05, 0) is 31.6 Å². The molecule has 3 N–H and O–H groups in total. The summed E-state index contributed by atoms with van der Waals surface area (Å²) in [4.78, 5) is 72.1. The maximum atomic E-state index is 13.0. The number of aliphatic hydroxyl groups excluding tert-OH is 1. The smallest absolute Gasteiger partial charge is 0.462 e. The van der Waals surface area contributed by atoms with Crippen molar-refractivity contribution in [1.29, 1.82) is 0 Å². The first-order valence-electron chi connectivity index (χ1n) is 34.2. The molecular formula is C65H126O17P2. The summed E-state index contributed by atoms with van der Waals surface area (Å²) in [7, 11) is -9.88. The van der Waals surface area contributed by atoms with Gasteiger partial charge in [-0.1, -0.05) is 279 Å². The molecule has 0 heterocycles. The van der Waals surface area contributed by atoms with Crippen LogP contribution >= 0.6 is 15.6 Å². The predicted octanol–water partition coefficient (Wildman–Crippen LogP) is 18.2. The van der Waals surface area contributed by atoms with Crippen LogP contribution in [0.15, 0.2) is 0 Å². The van der Waals surface area contributed by atoms with Crippen LogP contribution in [0.25, 0.3) is 0 Å². The van der Waals surface area contributed by atoms with E-state index in [9.17, 15) is 43.2 Å². The standard InChI is InChI=1S/C65H126O17P2/c1-6-10-13-16-18-20-22-24-26-30-34-39-44-49-63(68)76-55-61(82-65(70)51-46-41-36-32-28-27-29-33-38-42-47-58(5)9-4)57-80-84(73,74)78-53-59(66)52-77-83(71,72)79-56-60(54-75-62(67)48-43-37-15-12-8-3)81-64(69)50-45-40-35-31-25-23-21-19-17-14-11-7-2/h58-61,66H,6-57H2,1-5H3,(H,71,72)(H,73,74)/t58?,59-,60+,61+/m0/s1. The van der Waals surface area contributed by atoms with E-state index in [-0.39, 0.29) is 25.7 Å². The molecule has 0 aromatic carbocycles. The minimum absolute atomic E-state index is 0.106. The van der Waals surface area contributed by atoms with Crippen molar-refractivity contribution < 1.29 is 80.2 Å². The van der Waals surface area contributed by atoms with Crippen molar-refractivity contribution in [3.63, 3.8) is 0 Å². The minimum atomic E-state index is -4.94. The fourth-order valence-electron chi connectivity index (χ4n) is 9.73. The van der Waals surface area contributed by atoms with E-state index in [1.165, 1.54) is 148 Å². The van der Waals surface area contributed by atoms with Crippen LogP contribution in [0, 0.1) is 5.92 Å². The number of hydrogen-bond acceptors (Lipinski definition) is 15. The Morgan fingerprint density at radius 3 is 0.845 bits per heavy atom. The van der Waals surface area contributed by atoms with Crippen molar-refractivity contribution in [2.45, 2.75) is 348 Å². The molecule has 0 aliphatic rings. The summed E-state index contributed by atoms with van der Waals surface area (Å²) < 4.78 is 67.9. The topological polar surface area (TPSA) is 237 Å². The SMILES string of the molecule is CCCCCCCCCCCCCCCC(=O)OC[C@H](COP(=O)(O)OC[C@@H](O)COP(=O)(O)OC[C@@H](COC(=O)CCCCCCC)OC(=O)CCCCCCCCCCCCCC)OC(=O)CCCCCCCCCCCCC(C)CC. The zero-order chi connectivity index (χ0) is 62.0. The lowest BCUT2D eigenvalue weighted by Crippen LogP contribution is -2.30. The number of ether oxygens (including phenoxy) is 4. The van der Waals surface area contributed by atoms with E-state index in [2.05, 4.69) is 34.6 Å². The van der Waals surface area contributed by atoms with E-state index >= 15 is 0 Å². The van der Waals surface area contributed by atoms with Gasteiger partial charge < -0.3 is 33.8 Å². The molecule has 0 saturated carbocycles. The second-order valence-corrected chi connectivity index (χ2v) is 26.7. The molecule has 3 unspecified atom stereocenters. The van der Waals surface area contributed by atoms with Gasteiger partial charge in [0, 0.05) is 25.7 Å². The van der Waals surface area contributed by atoms with E-state index in [0.29, 0.717) is 25.7 Å². The van der Waals surface area contributed by atoms with Crippen molar-refractivity contribution in [3.05, 3.63) is 0 Å². The molecule has 0 spiro atoms. The molecule has 19 heteroatoms. The van der Waals surface area contributed by atoms with Crippen molar-refractivity contribution >= 4 is 39.5 Å². The Morgan fingerprint density at radius 2 is 0.571 bits per heavy atom. The monoisotopic (exact) mass is 1240 g/mol. The van der Waals surface area contributed by atoms with Crippen LogP contribution in [0.2, 0.25) is 0 Å². The average Bonchev–Trinajstić information content (AvgIpc) is 3.55. The Balaban J connectivity index is 5.18. The van der Waals surface area contributed by atoms with E-state index in [4.69, 9.17) is 37.0 Å². The molecule has 0 aliphatic heterocycles. The van der Waals surface area contributed by atoms with Gasteiger partial charge in [-0.15, -0.1) is 0 Å². The van der Waals surface area contributed by atoms with Crippen LogP contribution in [-0.2, 0) is 65.4 Å². The average molecular weight is 1240 g/mol. The molecule has 0 radical (unpaired) electrons. The summed E-state index contributed by atoms with van der Waals surface area (Å²) >= 11 is 0. The lowest BCUT2D eigenvalue weighted by molar-refractivity contribution is -0.161. The van der Waals surface area contributed by atoms with Gasteiger partial charge in [-0.3, -0.25) is 37.3 Å². The lowest BCUT2D eigenvalue weighted by atomic mass is 9.99. The second kappa shape index (κ2) is 58.7. The highest BCUT2D eigenvalue weighted by Gasteiger charge is 2.30. The maximum absolute atomic E-state index is 13.0. The molecule has 0 aromatic heterocycles. The number of rotatable bonds is 65. The summed E-state index contributed by atoms with van der Waals surface area (Å²) in [6.45, 7) is 7.15. The largest absolute Gasteiger partial charge is 0.472 e. The van der Waals surface area contributed by atoms with E-state index in [1.54, 1.807) is 0 Å². The third kappa shape index (κ3) is 57.8. The summed E-state index contributed by atoms with van der Waals surface area (Å²) in [5.41, 5.74) is 0. The first-order chi connectivity index (χ1) is 40.6. The number of unbranched alkanes of at least 4 members (excludes halogenated alkanes) is 36. The van der Waals surface area contributed by atoms with Crippen molar-refractivity contribution in [2.75, 3.05) is 39.6 Å². The molecule has 0 bridgehead atoms. The van der Waals surface area contributed by atoms with Crippen molar-refractivity contribution in [1.82, 2.24) is 0 Å². The molecule has 0 amide bonds. The van der Waals surface area contributed by atoms with Crippen molar-refractivity contribution in [3.8, 4) is 0 Å². The molecular weight excluding hydrogens is 1110 g/mol. The Hall–Kier alpha value is -1.94. The number of carbonyl (C=O) groups excluding carboxylic acids is 4. The van der Waals surface area contributed by atoms with Gasteiger partial charge >= 0.3 is 39.5 Å². The molecule has 0 saturated heterocycles. The third-order valence-electron chi connectivity index (χ3n) is 15.4. The predicted molar refractivity (Wildman–Crippen MR) is 335 cm³/mol. The summed E-state index contributed by atoms with van der Waals surface area (Å²) in [6.07, 6.45) is 43.2. The summed E-state index contributed by atoms with van der Waals surface area (Å²) in [6, 6.07) is 0. The van der Waals surface area contributed by atoms with Crippen LogP contribution in [0.3, 0.4) is 0 Å². The highest BCUT2D eigenvalue weighted by molar-refractivity contribution is 7.47. The van der Waals surface area contributed by atoms with Gasteiger partial charge in [0.05, 0.1) is 26.4 Å². The van der Waals surface area contributed by atoms with E-state index in [0.717, 1.165) is 102 Å². The first-order valence-corrected chi connectivity index (χ1v) is 37.2. The van der Waals surface area contributed by atoms with Gasteiger partial charge in [0.2, 0.25) is 0 Å². The molecule has 6 atom stereocenters. The molecule has 0 aliphatic carbocycles. The van der Waals surface area contributed by atoms with Crippen molar-refractivity contribution in [2.24, 2.45) is 5.92 Å². The number of aliphatic hydroxyl groups is 1. The number of phosphoric acid groups is 2. The molecule has 0 fully saturated rings. The van der Waals surface area contributed by atoms with Gasteiger partial charge in [0.15, 0.2) is 12.2 Å². The normalized spacial score (nSPS) is 14.5. The Morgan fingerprint density at radius 1 is 0.333 bits per heavy atom. The summed E-state index contributed by atoms with van der Waals surface area (Å²) in [5.74, 6) is -1.34. The van der Waals surface area contributed by atoms with Gasteiger partial charge in [0.25, 0.3) is 0 Å². The van der Waals surface area contributed by atoms with Crippen LogP contribution < -0.4 is 0 Å². The van der Waals surface area contributed by atoms with Crippen LogP contribution in [0.5, 0.6) is 0 Å². The second-order valence-electron chi connectivity index (χ2n) is 23.7. The first kappa shape index (κ1) is 82.1. The maximum Gasteiger partial charge on any atom is 0.472 e. The lowest BCUT2D eigenvalue weighted by Gasteiger charge is -2.21. The fourth-order valence-corrected chi connectivity index (χ4v) is 11.3. The Labute approximate surface area is 511 Å². The minimum Gasteiger partial charge on any atom is -0.462 e. The number of esters is 4. The number of carbonyl (C=O) groups is 4. The molecule has 0 rings (SSSR count). The molecule has 0 aromatic rings.